The van der Waals surface area contributed by atoms with E-state index in [4.69, 9.17) is 4.74 Å². The lowest BCUT2D eigenvalue weighted by molar-refractivity contribution is -0.149. The average Bonchev–Trinajstić information content (AvgIpc) is 2.69. The molecule has 18 heavy (non-hydrogen) atoms. The van der Waals surface area contributed by atoms with Gasteiger partial charge < -0.3 is 14.7 Å². The number of nitrogens with zero attached hydrogens (tertiary/aromatic N) is 1. The Labute approximate surface area is 107 Å². The summed E-state index contributed by atoms with van der Waals surface area (Å²) in [6.07, 6.45) is 2.12. The molecular formula is C13H21NO4. The normalized spacial score (nSPS) is 31.3. The Kier molecular flexibility index (Phi) is 3.03. The lowest BCUT2D eigenvalue weighted by atomic mass is 9.81. The summed E-state index contributed by atoms with van der Waals surface area (Å²) in [6, 6.07) is 0. The molecule has 1 heterocycles. The molecule has 0 aromatic rings. The number of carboxylic acid groups (broad SMARTS) is 1. The summed E-state index contributed by atoms with van der Waals surface area (Å²) in [5, 5.41) is 9.43. The molecule has 102 valence electrons. The molecule has 0 radical (unpaired) electrons. The molecule has 1 amide bonds. The smallest absolute Gasteiger partial charge is 0.410 e. The van der Waals surface area contributed by atoms with Crippen molar-refractivity contribution >= 4 is 12.1 Å². The van der Waals surface area contributed by atoms with E-state index in [1.807, 2.05) is 20.8 Å². The van der Waals surface area contributed by atoms with Crippen molar-refractivity contribution in [2.45, 2.75) is 45.6 Å². The van der Waals surface area contributed by atoms with Crippen LogP contribution in [0, 0.1) is 11.3 Å². The van der Waals surface area contributed by atoms with Gasteiger partial charge in [-0.25, -0.2) is 4.79 Å². The van der Waals surface area contributed by atoms with Crippen LogP contribution in [-0.2, 0) is 9.53 Å². The SMILES string of the molecule is CC(C)(C)OC(=O)N1C[C@@H]2CCC[C@]2(C(=O)O)C1. The Bertz CT molecular complexity index is 374. The topological polar surface area (TPSA) is 66.8 Å². The van der Waals surface area contributed by atoms with E-state index >= 15 is 0 Å². The van der Waals surface area contributed by atoms with Crippen LogP contribution in [0.25, 0.3) is 0 Å². The summed E-state index contributed by atoms with van der Waals surface area (Å²) in [5.74, 6) is -0.682. The van der Waals surface area contributed by atoms with Crippen LogP contribution in [0.3, 0.4) is 0 Å². The largest absolute Gasteiger partial charge is 0.481 e. The second kappa shape index (κ2) is 4.14. The van der Waals surface area contributed by atoms with E-state index < -0.39 is 23.1 Å². The van der Waals surface area contributed by atoms with Gasteiger partial charge in [-0.2, -0.15) is 0 Å². The number of hydrogen-bond acceptors (Lipinski definition) is 3. The zero-order chi connectivity index (χ0) is 13.6. The number of likely N-dealkylation sites (tertiary alicyclic amines) is 1. The molecule has 5 nitrogen and oxygen atoms in total. The number of amides is 1. The van der Waals surface area contributed by atoms with Crippen LogP contribution in [-0.4, -0.2) is 40.8 Å². The minimum Gasteiger partial charge on any atom is -0.481 e. The predicted octanol–water partition coefficient (Wildman–Crippen LogP) is 2.11. The molecule has 1 aliphatic heterocycles. The van der Waals surface area contributed by atoms with E-state index in [9.17, 15) is 14.7 Å². The summed E-state index contributed by atoms with van der Waals surface area (Å²) >= 11 is 0. The lowest BCUT2D eigenvalue weighted by Crippen LogP contribution is -2.39. The van der Waals surface area contributed by atoms with Crippen molar-refractivity contribution in [2.75, 3.05) is 13.1 Å². The third kappa shape index (κ3) is 2.18. The van der Waals surface area contributed by atoms with Crippen molar-refractivity contribution in [1.82, 2.24) is 4.90 Å². The molecule has 2 rings (SSSR count). The number of aliphatic carboxylic acids is 1. The van der Waals surface area contributed by atoms with Crippen LogP contribution in [0.1, 0.15) is 40.0 Å². The van der Waals surface area contributed by atoms with Gasteiger partial charge in [0.05, 0.1) is 5.41 Å². The molecule has 0 aromatic heterocycles. The maximum atomic E-state index is 12.0. The summed E-state index contributed by atoms with van der Waals surface area (Å²) < 4.78 is 5.31. The molecule has 2 fully saturated rings. The lowest BCUT2D eigenvalue weighted by Gasteiger charge is -2.26. The van der Waals surface area contributed by atoms with Crippen molar-refractivity contribution in [3.8, 4) is 0 Å². The number of hydrogen-bond donors (Lipinski definition) is 1. The fraction of sp³-hybridized carbons (Fsp3) is 0.846. The van der Waals surface area contributed by atoms with E-state index in [-0.39, 0.29) is 5.92 Å². The van der Waals surface area contributed by atoms with Crippen LogP contribution >= 0.6 is 0 Å². The second-order valence-corrected chi connectivity index (χ2v) is 6.41. The highest BCUT2D eigenvalue weighted by Gasteiger charge is 2.56. The van der Waals surface area contributed by atoms with Crippen molar-refractivity contribution in [1.29, 1.82) is 0 Å². The molecule has 0 spiro atoms. The quantitative estimate of drug-likeness (QED) is 0.779. The minimum atomic E-state index is -0.768. The molecular weight excluding hydrogens is 234 g/mol. The van der Waals surface area contributed by atoms with Gasteiger partial charge in [0, 0.05) is 13.1 Å². The first-order valence-corrected chi connectivity index (χ1v) is 6.46. The highest BCUT2D eigenvalue weighted by Crippen LogP contribution is 2.49. The van der Waals surface area contributed by atoms with Gasteiger partial charge in [0.1, 0.15) is 5.60 Å². The van der Waals surface area contributed by atoms with E-state index in [0.29, 0.717) is 19.5 Å². The Balaban J connectivity index is 2.08. The first kappa shape index (κ1) is 13.2. The summed E-state index contributed by atoms with van der Waals surface area (Å²) in [7, 11) is 0. The standard InChI is InChI=1S/C13H21NO4/c1-12(2,3)18-11(17)14-7-9-5-4-6-13(9,8-14)10(15)16/h9H,4-8H2,1-3H3,(H,15,16)/t9-,13-/m0/s1. The Morgan fingerprint density at radius 3 is 2.56 bits per heavy atom. The fourth-order valence-corrected chi connectivity index (χ4v) is 3.10. The molecule has 0 bridgehead atoms. The molecule has 1 saturated carbocycles. The van der Waals surface area contributed by atoms with E-state index in [0.717, 1.165) is 12.8 Å². The molecule has 2 aliphatic rings. The Morgan fingerprint density at radius 1 is 1.39 bits per heavy atom. The van der Waals surface area contributed by atoms with Crippen LogP contribution in [0.5, 0.6) is 0 Å². The number of carbonyl (C=O) groups is 2. The first-order chi connectivity index (χ1) is 8.24. The number of rotatable bonds is 1. The monoisotopic (exact) mass is 255 g/mol. The van der Waals surface area contributed by atoms with E-state index in [1.165, 1.54) is 0 Å². The summed E-state index contributed by atoms with van der Waals surface area (Å²) in [6.45, 7) is 6.25. The molecule has 2 atom stereocenters. The van der Waals surface area contributed by atoms with Gasteiger partial charge in [0.15, 0.2) is 0 Å². The summed E-state index contributed by atoms with van der Waals surface area (Å²) in [4.78, 5) is 25.0. The summed E-state index contributed by atoms with van der Waals surface area (Å²) in [5.41, 5.74) is -1.26. The van der Waals surface area contributed by atoms with Gasteiger partial charge in [0.25, 0.3) is 0 Å². The molecule has 0 aromatic carbocycles. The van der Waals surface area contributed by atoms with Crippen molar-refractivity contribution in [2.24, 2.45) is 11.3 Å². The third-order valence-electron chi connectivity index (χ3n) is 3.95. The number of carboxylic acids is 1. The highest BCUT2D eigenvalue weighted by molar-refractivity contribution is 5.79. The molecule has 1 N–H and O–H groups in total. The fourth-order valence-electron chi connectivity index (χ4n) is 3.10. The minimum absolute atomic E-state index is 0.0857. The van der Waals surface area contributed by atoms with Crippen LogP contribution in [0.2, 0.25) is 0 Å². The maximum absolute atomic E-state index is 12.0. The van der Waals surface area contributed by atoms with Crippen LogP contribution < -0.4 is 0 Å². The second-order valence-electron chi connectivity index (χ2n) is 6.41. The van der Waals surface area contributed by atoms with Gasteiger partial charge in [-0.15, -0.1) is 0 Å². The third-order valence-corrected chi connectivity index (χ3v) is 3.95. The maximum Gasteiger partial charge on any atom is 0.410 e. The zero-order valence-electron chi connectivity index (χ0n) is 11.2. The number of fused-ring (bicyclic) bond motifs is 1. The van der Waals surface area contributed by atoms with Crippen molar-refractivity contribution in [3.63, 3.8) is 0 Å². The van der Waals surface area contributed by atoms with Crippen LogP contribution in [0.4, 0.5) is 4.79 Å². The molecule has 5 heteroatoms. The number of ether oxygens (including phenoxy) is 1. The van der Waals surface area contributed by atoms with Gasteiger partial charge in [-0.3, -0.25) is 4.79 Å². The van der Waals surface area contributed by atoms with Crippen molar-refractivity contribution in [3.05, 3.63) is 0 Å². The van der Waals surface area contributed by atoms with Gasteiger partial charge >= 0.3 is 12.1 Å². The highest BCUT2D eigenvalue weighted by atomic mass is 16.6. The van der Waals surface area contributed by atoms with Gasteiger partial charge in [-0.05, 0) is 39.5 Å². The van der Waals surface area contributed by atoms with E-state index in [1.54, 1.807) is 4.90 Å². The average molecular weight is 255 g/mol. The van der Waals surface area contributed by atoms with Crippen LogP contribution in [0.15, 0.2) is 0 Å². The molecule has 1 aliphatic carbocycles. The molecule has 0 unspecified atom stereocenters. The Hall–Kier alpha value is -1.26. The number of carbonyl (C=O) groups excluding carboxylic acids is 1. The van der Waals surface area contributed by atoms with Gasteiger partial charge in [0.2, 0.25) is 0 Å². The van der Waals surface area contributed by atoms with Crippen molar-refractivity contribution < 1.29 is 19.4 Å². The van der Waals surface area contributed by atoms with E-state index in [2.05, 4.69) is 0 Å². The Morgan fingerprint density at radius 2 is 2.06 bits per heavy atom. The predicted molar refractivity (Wildman–Crippen MR) is 65.2 cm³/mol. The van der Waals surface area contributed by atoms with Gasteiger partial charge in [-0.1, -0.05) is 6.42 Å². The molecule has 1 saturated heterocycles. The first-order valence-electron chi connectivity index (χ1n) is 6.46. The zero-order valence-corrected chi connectivity index (χ0v) is 11.2.